The number of aromatic nitrogens is 2. The number of thiazole rings is 1. The predicted molar refractivity (Wildman–Crippen MR) is 82.6 cm³/mol. The molecule has 0 amide bonds. The minimum Gasteiger partial charge on any atom is -0.450 e. The van der Waals surface area contributed by atoms with E-state index in [0.29, 0.717) is 11.7 Å². The van der Waals surface area contributed by atoms with E-state index in [2.05, 4.69) is 9.97 Å². The summed E-state index contributed by atoms with van der Waals surface area (Å²) in [5, 5.41) is 2.59. The second kappa shape index (κ2) is 6.11. The maximum Gasteiger partial charge on any atom is 0.361 e. The van der Waals surface area contributed by atoms with Gasteiger partial charge in [0.1, 0.15) is 5.01 Å². The third-order valence-corrected chi connectivity index (χ3v) is 3.98. The SMILES string of the molecule is Cc1nc(C(=O)OC(C)c2nccs2)c(-c2ccccc2)o1. The zero-order valence-corrected chi connectivity index (χ0v) is 13.0. The third kappa shape index (κ3) is 2.92. The van der Waals surface area contributed by atoms with E-state index in [1.54, 1.807) is 20.0 Å². The average Bonchev–Trinajstić information content (AvgIpc) is 3.17. The van der Waals surface area contributed by atoms with E-state index in [0.717, 1.165) is 10.6 Å². The molecule has 112 valence electrons. The Kier molecular flexibility index (Phi) is 4.02. The number of hydrogen-bond donors (Lipinski definition) is 0. The number of carbonyl (C=O) groups is 1. The number of esters is 1. The first kappa shape index (κ1) is 14.5. The van der Waals surface area contributed by atoms with Crippen molar-refractivity contribution in [2.45, 2.75) is 20.0 Å². The highest BCUT2D eigenvalue weighted by Gasteiger charge is 2.24. The van der Waals surface area contributed by atoms with Gasteiger partial charge in [0.25, 0.3) is 0 Å². The minimum absolute atomic E-state index is 0.187. The van der Waals surface area contributed by atoms with Crippen LogP contribution in [-0.2, 0) is 4.74 Å². The lowest BCUT2D eigenvalue weighted by Crippen LogP contribution is -2.10. The van der Waals surface area contributed by atoms with Crippen LogP contribution < -0.4 is 0 Å². The van der Waals surface area contributed by atoms with Crippen molar-refractivity contribution in [1.29, 1.82) is 0 Å². The van der Waals surface area contributed by atoms with Crippen LogP contribution in [0.1, 0.15) is 34.4 Å². The van der Waals surface area contributed by atoms with Crippen LogP contribution in [-0.4, -0.2) is 15.9 Å². The summed E-state index contributed by atoms with van der Waals surface area (Å²) in [6.07, 6.45) is 1.26. The Labute approximate surface area is 131 Å². The minimum atomic E-state index is -0.515. The molecular weight excluding hydrogens is 300 g/mol. The number of oxazole rings is 1. The van der Waals surface area contributed by atoms with Crippen molar-refractivity contribution in [2.75, 3.05) is 0 Å². The summed E-state index contributed by atoms with van der Waals surface area (Å²) >= 11 is 1.44. The van der Waals surface area contributed by atoms with E-state index in [1.807, 2.05) is 35.7 Å². The number of ether oxygens (including phenoxy) is 1. The molecule has 0 aliphatic rings. The van der Waals surface area contributed by atoms with E-state index in [1.165, 1.54) is 11.3 Å². The Morgan fingerprint density at radius 3 is 2.77 bits per heavy atom. The van der Waals surface area contributed by atoms with E-state index in [4.69, 9.17) is 9.15 Å². The second-order valence-electron chi connectivity index (χ2n) is 4.69. The molecule has 1 unspecified atom stereocenters. The molecule has 1 atom stereocenters. The van der Waals surface area contributed by atoms with Gasteiger partial charge in [0.15, 0.2) is 23.4 Å². The largest absolute Gasteiger partial charge is 0.450 e. The molecule has 0 fully saturated rings. The van der Waals surface area contributed by atoms with E-state index in [-0.39, 0.29) is 5.69 Å². The van der Waals surface area contributed by atoms with Gasteiger partial charge in [-0.1, -0.05) is 30.3 Å². The first-order chi connectivity index (χ1) is 10.6. The van der Waals surface area contributed by atoms with E-state index >= 15 is 0 Å². The van der Waals surface area contributed by atoms with Crippen molar-refractivity contribution in [3.8, 4) is 11.3 Å². The maximum absolute atomic E-state index is 12.4. The highest BCUT2D eigenvalue weighted by atomic mass is 32.1. The van der Waals surface area contributed by atoms with Crippen LogP contribution in [0.2, 0.25) is 0 Å². The summed E-state index contributed by atoms with van der Waals surface area (Å²) in [6.45, 7) is 3.49. The van der Waals surface area contributed by atoms with Crippen molar-refractivity contribution in [3.63, 3.8) is 0 Å². The van der Waals surface area contributed by atoms with Crippen LogP contribution in [0.3, 0.4) is 0 Å². The van der Waals surface area contributed by atoms with E-state index < -0.39 is 12.1 Å². The summed E-state index contributed by atoms with van der Waals surface area (Å²) in [6, 6.07) is 9.37. The zero-order valence-electron chi connectivity index (χ0n) is 12.1. The van der Waals surface area contributed by atoms with Crippen LogP contribution in [0.5, 0.6) is 0 Å². The lowest BCUT2D eigenvalue weighted by atomic mass is 10.1. The van der Waals surface area contributed by atoms with Gasteiger partial charge in [-0.2, -0.15) is 0 Å². The van der Waals surface area contributed by atoms with Crippen LogP contribution in [0.25, 0.3) is 11.3 Å². The Bertz CT molecular complexity index is 766. The zero-order chi connectivity index (χ0) is 15.5. The van der Waals surface area contributed by atoms with Gasteiger partial charge in [-0.05, 0) is 6.92 Å². The van der Waals surface area contributed by atoms with Crippen LogP contribution in [0.4, 0.5) is 0 Å². The molecule has 0 aliphatic heterocycles. The van der Waals surface area contributed by atoms with Gasteiger partial charge in [0.2, 0.25) is 0 Å². The van der Waals surface area contributed by atoms with Crippen molar-refractivity contribution in [3.05, 3.63) is 58.5 Å². The van der Waals surface area contributed by atoms with Gasteiger partial charge >= 0.3 is 5.97 Å². The van der Waals surface area contributed by atoms with Gasteiger partial charge in [0.05, 0.1) is 0 Å². The smallest absolute Gasteiger partial charge is 0.361 e. The lowest BCUT2D eigenvalue weighted by Gasteiger charge is -2.09. The molecule has 0 N–H and O–H groups in total. The second-order valence-corrected chi connectivity index (χ2v) is 5.62. The normalized spacial score (nSPS) is 12.1. The van der Waals surface area contributed by atoms with Crippen molar-refractivity contribution < 1.29 is 13.9 Å². The summed E-state index contributed by atoms with van der Waals surface area (Å²) in [5.74, 6) is 0.334. The number of benzene rings is 1. The summed E-state index contributed by atoms with van der Waals surface area (Å²) in [7, 11) is 0. The molecule has 0 radical (unpaired) electrons. The molecule has 2 heterocycles. The van der Waals surface area contributed by atoms with E-state index in [9.17, 15) is 4.79 Å². The molecule has 2 aromatic heterocycles. The topological polar surface area (TPSA) is 65.2 Å². The van der Waals surface area contributed by atoms with Gasteiger partial charge in [0, 0.05) is 24.1 Å². The fourth-order valence-corrected chi connectivity index (χ4v) is 2.68. The van der Waals surface area contributed by atoms with Gasteiger partial charge in [-0.3, -0.25) is 0 Å². The van der Waals surface area contributed by atoms with Gasteiger partial charge < -0.3 is 9.15 Å². The molecule has 0 bridgehead atoms. The molecule has 5 nitrogen and oxygen atoms in total. The number of hydrogen-bond acceptors (Lipinski definition) is 6. The molecule has 0 spiro atoms. The number of aryl methyl sites for hydroxylation is 1. The lowest BCUT2D eigenvalue weighted by molar-refractivity contribution is 0.0331. The highest BCUT2D eigenvalue weighted by molar-refractivity contribution is 7.09. The Hall–Kier alpha value is -2.47. The first-order valence-electron chi connectivity index (χ1n) is 6.78. The third-order valence-electron chi connectivity index (χ3n) is 3.05. The molecular formula is C16H14N2O3S. The van der Waals surface area contributed by atoms with Crippen LogP contribution in [0, 0.1) is 6.92 Å². The summed E-state index contributed by atoms with van der Waals surface area (Å²) < 4.78 is 11.0. The first-order valence-corrected chi connectivity index (χ1v) is 7.66. The van der Waals surface area contributed by atoms with Gasteiger partial charge in [-0.15, -0.1) is 11.3 Å². The van der Waals surface area contributed by atoms with Crippen molar-refractivity contribution in [2.24, 2.45) is 0 Å². The fourth-order valence-electron chi connectivity index (χ4n) is 2.05. The molecule has 0 saturated carbocycles. The van der Waals surface area contributed by atoms with Crippen molar-refractivity contribution in [1.82, 2.24) is 9.97 Å². The number of carbonyl (C=O) groups excluding carboxylic acids is 1. The standard InChI is InChI=1S/C16H14N2O3S/c1-10(15-17-8-9-22-15)20-16(19)13-14(21-11(2)18-13)12-6-4-3-5-7-12/h3-10H,1-2H3. The average molecular weight is 314 g/mol. The maximum atomic E-state index is 12.4. The Morgan fingerprint density at radius 2 is 2.09 bits per heavy atom. The molecule has 0 saturated heterocycles. The summed E-state index contributed by atoms with van der Waals surface area (Å²) in [5.41, 5.74) is 0.976. The number of rotatable bonds is 4. The predicted octanol–water partition coefficient (Wildman–Crippen LogP) is 4.02. The Balaban J connectivity index is 1.87. The fraction of sp³-hybridized carbons (Fsp3) is 0.188. The molecule has 3 rings (SSSR count). The quantitative estimate of drug-likeness (QED) is 0.680. The molecule has 1 aromatic carbocycles. The molecule has 22 heavy (non-hydrogen) atoms. The summed E-state index contributed by atoms with van der Waals surface area (Å²) in [4.78, 5) is 20.7. The molecule has 0 aliphatic carbocycles. The molecule has 3 aromatic rings. The number of nitrogens with zero attached hydrogens (tertiary/aromatic N) is 2. The highest BCUT2D eigenvalue weighted by Crippen LogP contribution is 2.27. The van der Waals surface area contributed by atoms with Crippen LogP contribution in [0.15, 0.2) is 46.3 Å². The van der Waals surface area contributed by atoms with Crippen molar-refractivity contribution >= 4 is 17.3 Å². The van der Waals surface area contributed by atoms with Crippen LogP contribution >= 0.6 is 11.3 Å². The monoisotopic (exact) mass is 314 g/mol. The Morgan fingerprint density at radius 1 is 1.32 bits per heavy atom. The molecule has 6 heteroatoms. The van der Waals surface area contributed by atoms with Gasteiger partial charge in [-0.25, -0.2) is 14.8 Å².